The van der Waals surface area contributed by atoms with E-state index in [-0.39, 0.29) is 33.5 Å². The third kappa shape index (κ3) is 1.14. The van der Waals surface area contributed by atoms with Crippen molar-refractivity contribution in [3.63, 3.8) is 0 Å². The van der Waals surface area contributed by atoms with Crippen LogP contribution in [-0.4, -0.2) is 32.3 Å². The topological polar surface area (TPSA) is 81.5 Å². The van der Waals surface area contributed by atoms with E-state index in [0.717, 1.165) is 16.7 Å². The first-order chi connectivity index (χ1) is 6.52. The summed E-state index contributed by atoms with van der Waals surface area (Å²) in [7, 11) is 0. The number of carbonyl (C=O) groups is 2. The van der Waals surface area contributed by atoms with Gasteiger partial charge in [-0.2, -0.15) is 0 Å². The Hall–Kier alpha value is -1.01. The number of hydrogen-bond donors (Lipinski definition) is 2. The number of carboxylic acid groups (broad SMARTS) is 1. The normalized spacial score (nSPS) is 26.1. The number of amides is 1. The molecule has 14 heavy (non-hydrogen) atoms. The molecular formula is C7H5ClN2O3S. The predicted octanol–water partition coefficient (Wildman–Crippen LogP) is 0.804. The number of rotatable bonds is 1. The summed E-state index contributed by atoms with van der Waals surface area (Å²) in [5.41, 5.74) is -0.267. The zero-order valence-corrected chi connectivity index (χ0v) is 8.35. The van der Waals surface area contributed by atoms with Crippen LogP contribution in [0, 0.1) is 5.41 Å². The van der Waals surface area contributed by atoms with Crippen molar-refractivity contribution in [1.29, 1.82) is 5.41 Å². The molecule has 5 nitrogen and oxygen atoms in total. The second kappa shape index (κ2) is 2.99. The summed E-state index contributed by atoms with van der Waals surface area (Å²) >= 11 is 6.75. The van der Waals surface area contributed by atoms with Crippen molar-refractivity contribution >= 4 is 40.3 Å². The van der Waals surface area contributed by atoms with Crippen molar-refractivity contribution in [2.24, 2.45) is 0 Å². The number of fused-ring (bicyclic) bond motifs is 1. The lowest BCUT2D eigenvalue weighted by Gasteiger charge is -2.42. The largest absolute Gasteiger partial charge is 0.477 e. The van der Waals surface area contributed by atoms with Crippen molar-refractivity contribution in [3.05, 3.63) is 10.7 Å². The molecule has 2 rings (SSSR count). The molecular weight excluding hydrogens is 228 g/mol. The van der Waals surface area contributed by atoms with Gasteiger partial charge in [0.2, 0.25) is 5.91 Å². The van der Waals surface area contributed by atoms with Gasteiger partial charge >= 0.3 is 5.97 Å². The second-order valence-electron chi connectivity index (χ2n) is 2.84. The second-order valence-corrected chi connectivity index (χ2v) is 4.40. The van der Waals surface area contributed by atoms with Gasteiger partial charge in [0, 0.05) is 0 Å². The number of aliphatic carboxylic acids is 1. The summed E-state index contributed by atoms with van der Waals surface area (Å²) in [5.74, 6) is -1.52. The van der Waals surface area contributed by atoms with E-state index in [1.807, 2.05) is 0 Å². The van der Waals surface area contributed by atoms with Gasteiger partial charge in [-0.05, 0) is 0 Å². The van der Waals surface area contributed by atoms with E-state index in [4.69, 9.17) is 22.1 Å². The highest BCUT2D eigenvalue weighted by Gasteiger charge is 2.47. The lowest BCUT2D eigenvalue weighted by Crippen LogP contribution is -2.54. The fourth-order valence-corrected chi connectivity index (χ4v) is 2.68. The highest BCUT2D eigenvalue weighted by atomic mass is 35.5. The highest BCUT2D eigenvalue weighted by molar-refractivity contribution is 8.15. The van der Waals surface area contributed by atoms with E-state index in [1.165, 1.54) is 0 Å². The van der Waals surface area contributed by atoms with Crippen LogP contribution in [0.5, 0.6) is 0 Å². The van der Waals surface area contributed by atoms with E-state index in [0.29, 0.717) is 0 Å². The Kier molecular flexibility index (Phi) is 2.04. The fraction of sp³-hybridized carbons (Fsp3) is 0.286. The minimum absolute atomic E-state index is 0.0119. The van der Waals surface area contributed by atoms with Crippen LogP contribution >= 0.6 is 23.4 Å². The van der Waals surface area contributed by atoms with Gasteiger partial charge in [0.05, 0.1) is 11.8 Å². The summed E-state index contributed by atoms with van der Waals surface area (Å²) in [6, 6.07) is 0. The lowest BCUT2D eigenvalue weighted by molar-refractivity contribution is -0.145. The van der Waals surface area contributed by atoms with Crippen molar-refractivity contribution < 1.29 is 14.7 Å². The average molecular weight is 233 g/mol. The standard InChI is InChI=1S/C7H5ClN2O3S/c8-4-5(7(12)13)10-2(11)1-3(10)14-6(4)9/h3,9H,1H2,(H,12,13)/t3-/m1/s1. The van der Waals surface area contributed by atoms with Gasteiger partial charge in [-0.25, -0.2) is 4.79 Å². The van der Waals surface area contributed by atoms with Gasteiger partial charge in [-0.15, -0.1) is 0 Å². The summed E-state index contributed by atoms with van der Waals surface area (Å²) in [5, 5.41) is 15.8. The maximum Gasteiger partial charge on any atom is 0.354 e. The Morgan fingerprint density at radius 1 is 1.71 bits per heavy atom. The van der Waals surface area contributed by atoms with Crippen LogP contribution in [0.25, 0.3) is 0 Å². The molecule has 1 saturated heterocycles. The maximum absolute atomic E-state index is 11.1. The molecule has 7 heteroatoms. The molecule has 74 valence electrons. The number of nitrogens with zero attached hydrogens (tertiary/aromatic N) is 1. The van der Waals surface area contributed by atoms with Crippen LogP contribution in [0.15, 0.2) is 10.7 Å². The summed E-state index contributed by atoms with van der Waals surface area (Å²) < 4.78 is 0. The lowest BCUT2D eigenvalue weighted by atomic mass is 10.1. The van der Waals surface area contributed by atoms with Crippen molar-refractivity contribution in [3.8, 4) is 0 Å². The monoisotopic (exact) mass is 232 g/mol. The van der Waals surface area contributed by atoms with Gasteiger partial charge in [-0.3, -0.25) is 15.1 Å². The van der Waals surface area contributed by atoms with Crippen molar-refractivity contribution in [2.75, 3.05) is 0 Å². The SMILES string of the molecule is N=C1S[C@@H]2CC(=O)N2C(C(=O)O)=C1Cl. The van der Waals surface area contributed by atoms with Gasteiger partial charge in [0.1, 0.15) is 10.1 Å². The van der Waals surface area contributed by atoms with Crippen LogP contribution in [0.3, 0.4) is 0 Å². The van der Waals surface area contributed by atoms with Crippen LogP contribution in [-0.2, 0) is 9.59 Å². The molecule has 2 aliphatic heterocycles. The number of carboxylic acids is 1. The smallest absolute Gasteiger partial charge is 0.354 e. The predicted molar refractivity (Wildman–Crippen MR) is 51.1 cm³/mol. The molecule has 0 radical (unpaired) electrons. The van der Waals surface area contributed by atoms with E-state index >= 15 is 0 Å². The first-order valence-electron chi connectivity index (χ1n) is 3.73. The van der Waals surface area contributed by atoms with Crippen molar-refractivity contribution in [2.45, 2.75) is 11.8 Å². The molecule has 0 saturated carbocycles. The molecule has 0 aromatic rings. The van der Waals surface area contributed by atoms with E-state index in [9.17, 15) is 9.59 Å². The molecule has 2 N–H and O–H groups in total. The molecule has 0 aromatic carbocycles. The maximum atomic E-state index is 11.1. The molecule has 0 aliphatic carbocycles. The first kappa shape index (κ1) is 9.54. The van der Waals surface area contributed by atoms with E-state index < -0.39 is 5.97 Å². The first-order valence-corrected chi connectivity index (χ1v) is 4.99. The van der Waals surface area contributed by atoms with Crippen LogP contribution in [0.1, 0.15) is 6.42 Å². The van der Waals surface area contributed by atoms with E-state index in [1.54, 1.807) is 0 Å². The highest BCUT2D eigenvalue weighted by Crippen LogP contribution is 2.41. The molecule has 2 aliphatic rings. The Bertz CT molecular complexity index is 392. The molecule has 0 aromatic heterocycles. The minimum Gasteiger partial charge on any atom is -0.477 e. The molecule has 0 spiro atoms. The Morgan fingerprint density at radius 2 is 2.36 bits per heavy atom. The summed E-state index contributed by atoms with van der Waals surface area (Å²) in [6.45, 7) is 0. The Labute approximate surface area is 88.2 Å². The van der Waals surface area contributed by atoms with Gasteiger partial charge in [-0.1, -0.05) is 23.4 Å². The number of thioether (sulfide) groups is 1. The number of nitrogens with one attached hydrogen (secondary N) is 1. The number of β-lactam (4-membered cyclic amide) rings is 1. The number of carbonyl (C=O) groups excluding carboxylic acids is 1. The Morgan fingerprint density at radius 3 is 2.86 bits per heavy atom. The zero-order valence-electron chi connectivity index (χ0n) is 6.78. The third-order valence-electron chi connectivity index (χ3n) is 2.01. The third-order valence-corrected chi connectivity index (χ3v) is 3.58. The van der Waals surface area contributed by atoms with Gasteiger partial charge in [0.25, 0.3) is 0 Å². The number of hydrogen-bond acceptors (Lipinski definition) is 4. The van der Waals surface area contributed by atoms with Gasteiger partial charge in [0.15, 0.2) is 5.70 Å². The number of halogens is 1. The van der Waals surface area contributed by atoms with Crippen LogP contribution in [0.2, 0.25) is 0 Å². The van der Waals surface area contributed by atoms with Crippen molar-refractivity contribution in [1.82, 2.24) is 4.90 Å². The quantitative estimate of drug-likeness (QED) is 0.656. The molecule has 1 fully saturated rings. The van der Waals surface area contributed by atoms with Crippen LogP contribution in [0.4, 0.5) is 0 Å². The van der Waals surface area contributed by atoms with Crippen LogP contribution < -0.4 is 0 Å². The zero-order chi connectivity index (χ0) is 10.5. The Balaban J connectivity index is 2.47. The average Bonchev–Trinajstić information content (AvgIpc) is 2.09. The molecule has 0 unspecified atom stereocenters. The molecule has 2 heterocycles. The summed E-state index contributed by atoms with van der Waals surface area (Å²) in [4.78, 5) is 23.1. The molecule has 1 atom stereocenters. The summed E-state index contributed by atoms with van der Waals surface area (Å²) in [6.07, 6.45) is 0.272. The van der Waals surface area contributed by atoms with E-state index in [2.05, 4.69) is 0 Å². The molecule has 1 amide bonds. The van der Waals surface area contributed by atoms with Gasteiger partial charge < -0.3 is 5.11 Å². The minimum atomic E-state index is -1.27. The molecule has 0 bridgehead atoms. The fourth-order valence-electron chi connectivity index (χ4n) is 1.35.